The summed E-state index contributed by atoms with van der Waals surface area (Å²) in [5, 5.41) is 6.22. The quantitative estimate of drug-likeness (QED) is 0.637. The summed E-state index contributed by atoms with van der Waals surface area (Å²) in [6, 6.07) is 7.66. The van der Waals surface area contributed by atoms with Crippen LogP contribution in [0.2, 0.25) is 0 Å². The topological polar surface area (TPSA) is 90.9 Å². The number of fused-ring (bicyclic) bond motifs is 1. The number of hydrogen-bond donors (Lipinski definition) is 2. The van der Waals surface area contributed by atoms with Crippen LogP contribution in [0.15, 0.2) is 29.3 Å². The summed E-state index contributed by atoms with van der Waals surface area (Å²) in [7, 11) is 1.75. The Morgan fingerprint density at radius 2 is 1.76 bits per heavy atom. The van der Waals surface area contributed by atoms with Crippen molar-refractivity contribution in [3.05, 3.63) is 29.8 Å². The van der Waals surface area contributed by atoms with Gasteiger partial charge in [-0.1, -0.05) is 57.7 Å². The summed E-state index contributed by atoms with van der Waals surface area (Å²) in [4.78, 5) is 47.1. The van der Waals surface area contributed by atoms with Crippen molar-refractivity contribution in [2.24, 2.45) is 16.8 Å². The van der Waals surface area contributed by atoms with Crippen molar-refractivity contribution in [2.75, 3.05) is 11.9 Å². The molecule has 7 nitrogen and oxygen atoms in total. The van der Waals surface area contributed by atoms with Gasteiger partial charge in [0.2, 0.25) is 17.5 Å². The largest absolute Gasteiger partial charge is 0.342 e. The smallest absolute Gasteiger partial charge is 0.275 e. The van der Waals surface area contributed by atoms with Gasteiger partial charge in [-0.2, -0.15) is 0 Å². The van der Waals surface area contributed by atoms with Crippen molar-refractivity contribution in [2.45, 2.75) is 89.3 Å². The Morgan fingerprint density at radius 1 is 1.09 bits per heavy atom. The average Bonchev–Trinajstić information content (AvgIpc) is 3.51. The monoisotopic (exact) mass is 466 g/mol. The highest BCUT2D eigenvalue weighted by molar-refractivity contribution is 6.09. The molecule has 0 spiro atoms. The molecule has 2 fully saturated rings. The Labute approximate surface area is 202 Å². The lowest BCUT2D eigenvalue weighted by Gasteiger charge is -2.40. The molecule has 1 heterocycles. The van der Waals surface area contributed by atoms with E-state index >= 15 is 0 Å². The fourth-order valence-electron chi connectivity index (χ4n) is 5.73. The molecule has 1 aromatic carbocycles. The summed E-state index contributed by atoms with van der Waals surface area (Å²) in [6.45, 7) is 4.17. The highest BCUT2D eigenvalue weighted by atomic mass is 16.2. The zero-order valence-electron chi connectivity index (χ0n) is 20.7. The standard InChI is InChI=1S/C27H38N4O3/c1-19(2)14-15-23(32)29-26(16-8-9-17-26)24(33)30-27(21-11-5-6-12-21)25(34)31(3)22-13-7-4-10-20(22)18-28-27/h4,7,10,13,18-19,21H,5-6,8-9,11-12,14-17H2,1-3H3,(H,29,32)(H,30,33). The number of nitrogens with zero attached hydrogens (tertiary/aromatic N) is 2. The fraction of sp³-hybridized carbons (Fsp3) is 0.630. The number of hydrogen-bond acceptors (Lipinski definition) is 4. The van der Waals surface area contributed by atoms with E-state index in [4.69, 9.17) is 4.99 Å². The predicted octanol–water partition coefficient (Wildman–Crippen LogP) is 3.95. The first-order valence-electron chi connectivity index (χ1n) is 12.8. The third-order valence-electron chi connectivity index (χ3n) is 7.81. The molecule has 2 aliphatic carbocycles. The molecule has 1 aromatic rings. The number of likely N-dealkylation sites (N-methyl/N-ethyl adjacent to an activating group) is 1. The lowest BCUT2D eigenvalue weighted by Crippen LogP contribution is -2.67. The second kappa shape index (κ2) is 9.88. The third kappa shape index (κ3) is 4.62. The summed E-state index contributed by atoms with van der Waals surface area (Å²) >= 11 is 0. The van der Waals surface area contributed by atoms with Gasteiger partial charge in [0.15, 0.2) is 0 Å². The van der Waals surface area contributed by atoms with Gasteiger partial charge < -0.3 is 15.5 Å². The molecular formula is C27H38N4O3. The van der Waals surface area contributed by atoms with Gasteiger partial charge in [0.05, 0.1) is 5.69 Å². The first kappa shape index (κ1) is 24.4. The number of anilines is 1. The number of aliphatic imine (C=N–C) groups is 1. The normalized spacial score (nSPS) is 24.2. The zero-order chi connectivity index (χ0) is 24.3. The minimum atomic E-state index is -1.36. The van der Waals surface area contributed by atoms with Crippen LogP contribution in [-0.2, 0) is 14.4 Å². The Kier molecular flexibility index (Phi) is 7.10. The van der Waals surface area contributed by atoms with Crippen molar-refractivity contribution in [1.82, 2.24) is 10.6 Å². The van der Waals surface area contributed by atoms with Crippen LogP contribution in [0.4, 0.5) is 5.69 Å². The molecule has 2 N–H and O–H groups in total. The number of benzene rings is 1. The summed E-state index contributed by atoms with van der Waals surface area (Å²) in [5.74, 6) is -0.249. The zero-order valence-corrected chi connectivity index (χ0v) is 20.7. The summed E-state index contributed by atoms with van der Waals surface area (Å²) in [6.07, 6.45) is 9.52. The van der Waals surface area contributed by atoms with Crippen molar-refractivity contribution in [3.63, 3.8) is 0 Å². The average molecular weight is 467 g/mol. The Hall–Kier alpha value is -2.70. The van der Waals surface area contributed by atoms with E-state index in [-0.39, 0.29) is 23.6 Å². The molecule has 0 bridgehead atoms. The number of amides is 3. The Bertz CT molecular complexity index is 960. The van der Waals surface area contributed by atoms with Crippen LogP contribution in [0.1, 0.15) is 83.6 Å². The number of carbonyl (C=O) groups is 3. The van der Waals surface area contributed by atoms with E-state index < -0.39 is 11.2 Å². The van der Waals surface area contributed by atoms with Gasteiger partial charge in [-0.25, -0.2) is 0 Å². The molecule has 3 aliphatic rings. The molecule has 7 heteroatoms. The van der Waals surface area contributed by atoms with Crippen molar-refractivity contribution >= 4 is 29.6 Å². The van der Waals surface area contributed by atoms with Crippen LogP contribution in [-0.4, -0.2) is 42.2 Å². The van der Waals surface area contributed by atoms with Crippen LogP contribution in [0.5, 0.6) is 0 Å². The molecule has 0 saturated heterocycles. The van der Waals surface area contributed by atoms with E-state index in [2.05, 4.69) is 24.5 Å². The molecule has 4 rings (SSSR count). The van der Waals surface area contributed by atoms with E-state index in [1.165, 1.54) is 0 Å². The molecular weight excluding hydrogens is 428 g/mol. The van der Waals surface area contributed by atoms with Crippen LogP contribution >= 0.6 is 0 Å². The maximum absolute atomic E-state index is 14.0. The molecule has 0 radical (unpaired) electrons. The molecule has 2 saturated carbocycles. The molecule has 1 unspecified atom stereocenters. The minimum Gasteiger partial charge on any atom is -0.342 e. The van der Waals surface area contributed by atoms with Crippen LogP contribution < -0.4 is 15.5 Å². The van der Waals surface area contributed by atoms with Crippen molar-refractivity contribution < 1.29 is 14.4 Å². The lowest BCUT2D eigenvalue weighted by molar-refractivity contribution is -0.139. The maximum atomic E-state index is 14.0. The predicted molar refractivity (Wildman–Crippen MR) is 134 cm³/mol. The molecule has 34 heavy (non-hydrogen) atoms. The SMILES string of the molecule is CC(C)CCC(=O)NC1(C(=O)NC2(C3CCCC3)N=Cc3ccccc3N(C)C2=O)CCCC1. The van der Waals surface area contributed by atoms with E-state index in [0.29, 0.717) is 25.2 Å². The van der Waals surface area contributed by atoms with E-state index in [1.807, 2.05) is 24.3 Å². The first-order valence-corrected chi connectivity index (χ1v) is 12.8. The van der Waals surface area contributed by atoms with Crippen molar-refractivity contribution in [3.8, 4) is 0 Å². The molecule has 0 aromatic heterocycles. The Morgan fingerprint density at radius 3 is 2.44 bits per heavy atom. The highest BCUT2D eigenvalue weighted by Gasteiger charge is 2.53. The van der Waals surface area contributed by atoms with Crippen LogP contribution in [0.25, 0.3) is 0 Å². The first-order chi connectivity index (χ1) is 16.3. The van der Waals surface area contributed by atoms with Crippen LogP contribution in [0, 0.1) is 11.8 Å². The second-order valence-electron chi connectivity index (χ2n) is 10.7. The third-order valence-corrected chi connectivity index (χ3v) is 7.81. The number of benzodiazepines with no additional fused rings is 1. The van der Waals surface area contributed by atoms with Gasteiger partial charge in [0, 0.05) is 31.2 Å². The number of carbonyl (C=O) groups excluding carboxylic acids is 3. The highest BCUT2D eigenvalue weighted by Crippen LogP contribution is 2.40. The fourth-order valence-corrected chi connectivity index (χ4v) is 5.73. The van der Waals surface area contributed by atoms with E-state index in [9.17, 15) is 14.4 Å². The van der Waals surface area contributed by atoms with Gasteiger partial charge >= 0.3 is 0 Å². The Balaban J connectivity index is 1.65. The van der Waals surface area contributed by atoms with E-state index in [0.717, 1.165) is 56.2 Å². The summed E-state index contributed by atoms with van der Waals surface area (Å²) in [5.41, 5.74) is -0.708. The van der Waals surface area contributed by atoms with Crippen molar-refractivity contribution in [1.29, 1.82) is 0 Å². The molecule has 1 atom stereocenters. The second-order valence-corrected chi connectivity index (χ2v) is 10.7. The van der Waals surface area contributed by atoms with Gasteiger partial charge in [0.1, 0.15) is 5.54 Å². The van der Waals surface area contributed by atoms with Gasteiger partial charge in [-0.05, 0) is 44.1 Å². The number of para-hydroxylation sites is 1. The molecule has 184 valence electrons. The molecule has 3 amide bonds. The van der Waals surface area contributed by atoms with E-state index in [1.54, 1.807) is 18.2 Å². The maximum Gasteiger partial charge on any atom is 0.275 e. The van der Waals surface area contributed by atoms with Gasteiger partial charge in [0.25, 0.3) is 5.91 Å². The number of nitrogens with one attached hydrogen (secondary N) is 2. The molecule has 1 aliphatic heterocycles. The number of rotatable bonds is 7. The van der Waals surface area contributed by atoms with Crippen LogP contribution in [0.3, 0.4) is 0 Å². The van der Waals surface area contributed by atoms with Gasteiger partial charge in [-0.15, -0.1) is 0 Å². The minimum absolute atomic E-state index is 0.0768. The lowest BCUT2D eigenvalue weighted by atomic mass is 9.87. The summed E-state index contributed by atoms with van der Waals surface area (Å²) < 4.78 is 0. The van der Waals surface area contributed by atoms with Gasteiger partial charge in [-0.3, -0.25) is 19.4 Å².